The molecule has 0 aliphatic carbocycles. The number of hydrogen-bond donors (Lipinski definition) is 4. The monoisotopic (exact) mass is 803 g/mol. The average Bonchev–Trinajstić information content (AvgIpc) is 3.20. The Morgan fingerprint density at radius 2 is 1.21 bits per heavy atom. The quantitative estimate of drug-likeness (QED) is 0.0366. The number of allylic oxidation sites excluding steroid dienone is 2. The van der Waals surface area contributed by atoms with Crippen LogP contribution in [0, 0.1) is 0 Å². The summed E-state index contributed by atoms with van der Waals surface area (Å²) < 4.78 is 12.1. The Balaban J connectivity index is 1.37. The molecule has 0 saturated carbocycles. The Kier molecular flexibility index (Phi) is 23.6. The van der Waals surface area contributed by atoms with Crippen LogP contribution in [0.2, 0.25) is 0 Å². The molecule has 0 saturated heterocycles. The number of ether oxygens (including phenoxy) is 1. The summed E-state index contributed by atoms with van der Waals surface area (Å²) in [5, 5.41) is 43.1. The van der Waals surface area contributed by atoms with Crippen molar-refractivity contribution >= 4 is 11.0 Å². The Labute approximate surface area is 350 Å². The van der Waals surface area contributed by atoms with E-state index >= 15 is 0 Å². The fourth-order valence-corrected chi connectivity index (χ4v) is 7.79. The van der Waals surface area contributed by atoms with Crippen LogP contribution in [-0.4, -0.2) is 39.2 Å². The van der Waals surface area contributed by atoms with Gasteiger partial charge >= 0.3 is 0 Å². The molecule has 7 heteroatoms. The van der Waals surface area contributed by atoms with Crippen LogP contribution in [0.5, 0.6) is 17.2 Å². The minimum atomic E-state index is -0.974. The molecular formula is C51H78O7. The first-order chi connectivity index (χ1) is 28.1. The molecule has 0 bridgehead atoms. The largest absolute Gasteiger partial charge is 0.507 e. The highest BCUT2D eigenvalue weighted by atomic mass is 16.5. The molecule has 0 fully saturated rings. The molecule has 2 aromatic carbocycles. The van der Waals surface area contributed by atoms with Crippen LogP contribution < -0.4 is 10.2 Å². The smallest absolute Gasteiger partial charge is 0.204 e. The fourth-order valence-electron chi connectivity index (χ4n) is 7.79. The van der Waals surface area contributed by atoms with Crippen molar-refractivity contribution < 1.29 is 29.6 Å². The van der Waals surface area contributed by atoms with Crippen LogP contribution in [0.25, 0.3) is 22.1 Å². The summed E-state index contributed by atoms with van der Waals surface area (Å²) in [4.78, 5) is 13.9. The summed E-state index contributed by atoms with van der Waals surface area (Å²) in [7, 11) is 0. The minimum absolute atomic E-state index is 0.0281. The number of aromatic hydroxyl groups is 2. The predicted molar refractivity (Wildman–Crippen MR) is 242 cm³/mol. The van der Waals surface area contributed by atoms with E-state index in [1.165, 1.54) is 135 Å². The van der Waals surface area contributed by atoms with E-state index in [0.29, 0.717) is 16.9 Å². The Morgan fingerprint density at radius 3 is 1.66 bits per heavy atom. The number of benzene rings is 2. The van der Waals surface area contributed by atoms with E-state index in [1.807, 2.05) is 19.9 Å². The van der Waals surface area contributed by atoms with Crippen LogP contribution in [-0.2, 0) is 12.8 Å². The van der Waals surface area contributed by atoms with E-state index in [0.717, 1.165) is 24.8 Å². The summed E-state index contributed by atoms with van der Waals surface area (Å²) in [5.74, 6) is 0.0503. The number of hydrogen-bond acceptors (Lipinski definition) is 7. The SMILES string of the molecule is C=C(C)C(O)Cc1c(O)c(CC=C(C)C)c(O)c2c(=O)c(-c3ccc(OC(CO)CCCCCCCCCCCCCCCCCCCCCCCC)cc3)coc12. The number of phenols is 2. The van der Waals surface area contributed by atoms with Crippen molar-refractivity contribution in [3.05, 3.63) is 75.7 Å². The van der Waals surface area contributed by atoms with Crippen LogP contribution in [0.15, 0.2) is 63.5 Å². The Bertz CT molecular complexity index is 1700. The van der Waals surface area contributed by atoms with Crippen LogP contribution in [0.4, 0.5) is 0 Å². The topological polar surface area (TPSA) is 120 Å². The zero-order valence-electron chi connectivity index (χ0n) is 36.7. The summed E-state index contributed by atoms with van der Waals surface area (Å²) in [5.41, 5.74) is 2.33. The first kappa shape index (κ1) is 48.8. The molecule has 0 amide bonds. The molecule has 4 N–H and O–H groups in total. The van der Waals surface area contributed by atoms with E-state index in [2.05, 4.69) is 13.5 Å². The number of fused-ring (bicyclic) bond motifs is 1. The number of phenolic OH excluding ortho intramolecular Hbond substituents is 2. The number of aliphatic hydroxyl groups excluding tert-OH is 2. The lowest BCUT2D eigenvalue weighted by molar-refractivity contribution is 0.106. The maximum absolute atomic E-state index is 13.9. The molecule has 3 rings (SSSR count). The van der Waals surface area contributed by atoms with Gasteiger partial charge in [-0.3, -0.25) is 4.79 Å². The van der Waals surface area contributed by atoms with Gasteiger partial charge in [0, 0.05) is 17.5 Å². The first-order valence-corrected chi connectivity index (χ1v) is 22.9. The fraction of sp³-hybridized carbons (Fsp3) is 0.627. The van der Waals surface area contributed by atoms with E-state index in [4.69, 9.17) is 9.15 Å². The normalized spacial score (nSPS) is 12.5. The Hall–Kier alpha value is -3.55. The van der Waals surface area contributed by atoms with Gasteiger partial charge in [-0.2, -0.15) is 0 Å². The molecule has 0 aliphatic rings. The van der Waals surface area contributed by atoms with Gasteiger partial charge in [0.05, 0.1) is 18.3 Å². The number of unbranched alkanes of at least 4 members (excludes halogenated alkanes) is 21. The van der Waals surface area contributed by atoms with E-state index < -0.39 is 11.5 Å². The van der Waals surface area contributed by atoms with Gasteiger partial charge in [0.15, 0.2) is 0 Å². The molecule has 2 unspecified atom stereocenters. The minimum Gasteiger partial charge on any atom is -0.507 e. The van der Waals surface area contributed by atoms with Crippen molar-refractivity contribution in [1.82, 2.24) is 0 Å². The van der Waals surface area contributed by atoms with Gasteiger partial charge < -0.3 is 29.6 Å². The van der Waals surface area contributed by atoms with Gasteiger partial charge in [0.25, 0.3) is 0 Å². The number of rotatable bonds is 32. The van der Waals surface area contributed by atoms with Gasteiger partial charge in [-0.1, -0.05) is 178 Å². The summed E-state index contributed by atoms with van der Waals surface area (Å²) in [6, 6.07) is 7.06. The molecular weight excluding hydrogens is 725 g/mol. The standard InChI is InChI=1S/C51H78O7/c1-6-7-8-9-10-11-12-13-14-15-16-17-18-19-20-21-22-23-24-25-26-27-28-42(36-52)58-41-32-30-40(31-33-41)45-37-57-51-44(35-46(53)39(4)5)48(54)43(34-29-38(2)3)49(55)47(51)50(45)56/h29-33,37,42,46,52-55H,4,6-28,34-36H2,1-3,5H3. The molecule has 2 atom stereocenters. The molecule has 324 valence electrons. The van der Waals surface area contributed by atoms with Gasteiger partial charge in [-0.05, 0) is 57.7 Å². The molecule has 0 aliphatic heterocycles. The van der Waals surface area contributed by atoms with Crippen LogP contribution >= 0.6 is 0 Å². The third-order valence-corrected chi connectivity index (χ3v) is 11.6. The second-order valence-electron chi connectivity index (χ2n) is 17.0. The molecule has 7 nitrogen and oxygen atoms in total. The van der Waals surface area contributed by atoms with Gasteiger partial charge in [-0.15, -0.1) is 0 Å². The molecule has 1 heterocycles. The third kappa shape index (κ3) is 17.0. The third-order valence-electron chi connectivity index (χ3n) is 11.6. The number of aliphatic hydroxyl groups is 2. The second kappa shape index (κ2) is 28.0. The summed E-state index contributed by atoms with van der Waals surface area (Å²) in [6.07, 6.45) is 32.7. The summed E-state index contributed by atoms with van der Waals surface area (Å²) >= 11 is 0. The highest BCUT2D eigenvalue weighted by molar-refractivity contribution is 5.92. The lowest BCUT2D eigenvalue weighted by Crippen LogP contribution is -2.21. The van der Waals surface area contributed by atoms with Crippen molar-refractivity contribution in [2.75, 3.05) is 6.61 Å². The van der Waals surface area contributed by atoms with E-state index in [1.54, 1.807) is 31.2 Å². The van der Waals surface area contributed by atoms with Crippen LogP contribution in [0.3, 0.4) is 0 Å². The average molecular weight is 803 g/mol. The maximum Gasteiger partial charge on any atom is 0.204 e. The van der Waals surface area contributed by atoms with E-state index in [-0.39, 0.29) is 64.7 Å². The predicted octanol–water partition coefficient (Wildman–Crippen LogP) is 13.6. The lowest BCUT2D eigenvalue weighted by Gasteiger charge is -2.18. The second-order valence-corrected chi connectivity index (χ2v) is 17.0. The molecule has 58 heavy (non-hydrogen) atoms. The van der Waals surface area contributed by atoms with Crippen molar-refractivity contribution in [3.63, 3.8) is 0 Å². The molecule has 0 radical (unpaired) electrons. The van der Waals surface area contributed by atoms with Crippen molar-refractivity contribution in [3.8, 4) is 28.4 Å². The van der Waals surface area contributed by atoms with Crippen molar-refractivity contribution in [2.45, 2.75) is 200 Å². The molecule has 1 aromatic heterocycles. The van der Waals surface area contributed by atoms with Crippen molar-refractivity contribution in [2.24, 2.45) is 0 Å². The summed E-state index contributed by atoms with van der Waals surface area (Å²) in [6.45, 7) is 11.5. The zero-order chi connectivity index (χ0) is 42.1. The lowest BCUT2D eigenvalue weighted by atomic mass is 9.93. The van der Waals surface area contributed by atoms with E-state index in [9.17, 15) is 25.2 Å². The van der Waals surface area contributed by atoms with Crippen molar-refractivity contribution in [1.29, 1.82) is 0 Å². The highest BCUT2D eigenvalue weighted by Gasteiger charge is 2.25. The molecule has 0 spiro atoms. The van der Waals surface area contributed by atoms with Gasteiger partial charge in [-0.25, -0.2) is 0 Å². The van der Waals surface area contributed by atoms with Crippen LogP contribution in [0.1, 0.15) is 187 Å². The van der Waals surface area contributed by atoms with Gasteiger partial charge in [0.1, 0.15) is 40.6 Å². The maximum atomic E-state index is 13.9. The zero-order valence-corrected chi connectivity index (χ0v) is 36.7. The molecule has 3 aromatic rings. The highest BCUT2D eigenvalue weighted by Crippen LogP contribution is 2.41. The van der Waals surface area contributed by atoms with Gasteiger partial charge in [0.2, 0.25) is 5.43 Å². The Morgan fingerprint density at radius 1 is 0.724 bits per heavy atom. The first-order valence-electron chi connectivity index (χ1n) is 22.9.